The van der Waals surface area contributed by atoms with Crippen molar-refractivity contribution in [3.63, 3.8) is 0 Å². The number of benzene rings is 3. The van der Waals surface area contributed by atoms with Gasteiger partial charge in [0.2, 0.25) is 0 Å². The molecule has 37 heavy (non-hydrogen) atoms. The second-order valence-electron chi connectivity index (χ2n) is 8.70. The second kappa shape index (κ2) is 9.50. The average Bonchev–Trinajstić information content (AvgIpc) is 3.59. The van der Waals surface area contributed by atoms with E-state index in [9.17, 15) is 9.59 Å². The number of aromatic nitrogens is 1. The lowest BCUT2D eigenvalue weighted by Gasteiger charge is -2.19. The van der Waals surface area contributed by atoms with E-state index in [-0.39, 0.29) is 11.5 Å². The molecule has 6 rings (SSSR count). The predicted molar refractivity (Wildman–Crippen MR) is 148 cm³/mol. The Bertz CT molecular complexity index is 1710. The van der Waals surface area contributed by atoms with E-state index in [0.29, 0.717) is 39.6 Å². The Morgan fingerprint density at radius 2 is 1.78 bits per heavy atom. The van der Waals surface area contributed by atoms with E-state index in [2.05, 4.69) is 20.9 Å². The summed E-state index contributed by atoms with van der Waals surface area (Å²) in [7, 11) is 0. The number of rotatable bonds is 4. The molecule has 0 radical (unpaired) electrons. The summed E-state index contributed by atoms with van der Waals surface area (Å²) in [5.41, 5.74) is 3.46. The average molecular weight is 573 g/mol. The number of amides is 1. The zero-order valence-corrected chi connectivity index (χ0v) is 21.7. The van der Waals surface area contributed by atoms with Crippen LogP contribution in [0.1, 0.15) is 34.1 Å². The minimum absolute atomic E-state index is 0.272. The van der Waals surface area contributed by atoms with Crippen LogP contribution in [0.3, 0.4) is 0 Å². The largest absolute Gasteiger partial charge is 0.467 e. The summed E-state index contributed by atoms with van der Waals surface area (Å²) in [6, 6.07) is 25.2. The normalized spacial score (nSPS) is 15.2. The van der Waals surface area contributed by atoms with Crippen molar-refractivity contribution in [1.82, 2.24) is 9.99 Å². The summed E-state index contributed by atoms with van der Waals surface area (Å²) in [5.74, 6) is 0.275. The van der Waals surface area contributed by atoms with Gasteiger partial charge in [0.1, 0.15) is 11.8 Å². The fourth-order valence-electron chi connectivity index (χ4n) is 4.72. The minimum atomic E-state index is -0.505. The first-order chi connectivity index (χ1) is 18.0. The molecule has 1 aliphatic heterocycles. The lowest BCUT2D eigenvalue weighted by atomic mass is 9.92. The first-order valence-corrected chi connectivity index (χ1v) is 12.8. The molecule has 0 aliphatic carbocycles. The topological polar surface area (TPSA) is 78.7 Å². The number of carbonyl (C=O) groups is 1. The molecule has 182 valence electrons. The number of fused-ring (bicyclic) bond motifs is 1. The molecule has 6 nitrogen and oxygen atoms in total. The molecular formula is C29H19BrClN3O3. The van der Waals surface area contributed by atoms with Crippen LogP contribution in [0.5, 0.6) is 0 Å². The van der Waals surface area contributed by atoms with E-state index in [1.54, 1.807) is 36.6 Å². The molecule has 3 aromatic carbocycles. The lowest BCUT2D eigenvalue weighted by molar-refractivity contribution is 0.0693. The zero-order valence-electron chi connectivity index (χ0n) is 19.3. The summed E-state index contributed by atoms with van der Waals surface area (Å²) in [6.07, 6.45) is 1.88. The van der Waals surface area contributed by atoms with Crippen LogP contribution >= 0.6 is 27.5 Å². The summed E-state index contributed by atoms with van der Waals surface area (Å²) in [4.78, 5) is 30.2. The van der Waals surface area contributed by atoms with Gasteiger partial charge in [-0.2, -0.15) is 5.10 Å². The van der Waals surface area contributed by atoms with E-state index in [4.69, 9.17) is 21.1 Å². The number of hydrogen-bond donors (Lipinski definition) is 1. The maximum atomic E-state index is 13.6. The molecule has 1 aliphatic rings. The van der Waals surface area contributed by atoms with Crippen LogP contribution in [0, 0.1) is 0 Å². The van der Waals surface area contributed by atoms with Crippen molar-refractivity contribution in [2.75, 3.05) is 0 Å². The Balaban J connectivity index is 1.56. The van der Waals surface area contributed by atoms with Crippen molar-refractivity contribution in [3.05, 3.63) is 128 Å². The Kier molecular flexibility index (Phi) is 6.02. The van der Waals surface area contributed by atoms with Crippen LogP contribution in [0.25, 0.3) is 22.0 Å². The second-order valence-corrected chi connectivity index (χ2v) is 10.1. The van der Waals surface area contributed by atoms with Gasteiger partial charge >= 0.3 is 0 Å². The number of nitrogens with zero attached hydrogens (tertiary/aromatic N) is 2. The Morgan fingerprint density at radius 1 is 1.00 bits per heavy atom. The molecule has 8 heteroatoms. The summed E-state index contributed by atoms with van der Waals surface area (Å²) >= 11 is 9.60. The van der Waals surface area contributed by atoms with Gasteiger partial charge in [0.05, 0.1) is 17.5 Å². The van der Waals surface area contributed by atoms with Gasteiger partial charge in [-0.1, -0.05) is 57.9 Å². The number of carbonyl (C=O) groups excluding carboxylic acids is 1. The number of furan rings is 1. The monoisotopic (exact) mass is 571 g/mol. The zero-order chi connectivity index (χ0) is 25.5. The predicted octanol–water partition coefficient (Wildman–Crippen LogP) is 7.20. The van der Waals surface area contributed by atoms with Crippen molar-refractivity contribution < 1.29 is 9.21 Å². The lowest BCUT2D eigenvalue weighted by Crippen LogP contribution is -2.26. The Morgan fingerprint density at radius 3 is 2.51 bits per heavy atom. The van der Waals surface area contributed by atoms with Crippen molar-refractivity contribution in [2.45, 2.75) is 12.5 Å². The third-order valence-corrected chi connectivity index (χ3v) is 7.15. The molecule has 1 amide bonds. The number of aromatic amines is 1. The van der Waals surface area contributed by atoms with Crippen LogP contribution in [-0.2, 0) is 0 Å². The van der Waals surface area contributed by atoms with E-state index in [1.165, 1.54) is 5.01 Å². The standard InChI is InChI=1S/C29H19BrClN3O3/c30-19-10-13-22-21(15-19)26(17-5-2-1-3-6-17)27(28(35)32-22)23-16-24(25-7-4-14-37-25)34(33-23)29(36)18-8-11-20(31)12-9-18/h1-15,24H,16H2,(H,32,35). The highest BCUT2D eigenvalue weighted by atomic mass is 79.9. The van der Waals surface area contributed by atoms with E-state index in [1.807, 2.05) is 54.6 Å². The van der Waals surface area contributed by atoms with Gasteiger partial charge in [-0.05, 0) is 60.2 Å². The molecule has 2 aromatic heterocycles. The van der Waals surface area contributed by atoms with Gasteiger partial charge in [0, 0.05) is 37.9 Å². The third-order valence-electron chi connectivity index (χ3n) is 6.41. The van der Waals surface area contributed by atoms with E-state index < -0.39 is 6.04 Å². The first-order valence-electron chi connectivity index (χ1n) is 11.6. The Hall–Kier alpha value is -3.94. The number of nitrogens with one attached hydrogen (secondary N) is 1. The highest BCUT2D eigenvalue weighted by molar-refractivity contribution is 9.10. The van der Waals surface area contributed by atoms with Gasteiger partial charge in [-0.3, -0.25) is 9.59 Å². The molecule has 5 aromatic rings. The number of hydrogen-bond acceptors (Lipinski definition) is 4. The SMILES string of the molecule is O=C(c1ccc(Cl)cc1)N1N=C(c2c(-c3ccccc3)c3cc(Br)ccc3[nH]c2=O)CC1c1ccco1. The fraction of sp³-hybridized carbons (Fsp3) is 0.0690. The highest BCUT2D eigenvalue weighted by Crippen LogP contribution is 2.38. The molecule has 1 N–H and O–H groups in total. The third kappa shape index (κ3) is 4.30. The minimum Gasteiger partial charge on any atom is -0.467 e. The van der Waals surface area contributed by atoms with E-state index >= 15 is 0 Å². The number of pyridine rings is 1. The maximum Gasteiger partial charge on any atom is 0.274 e. The molecule has 1 unspecified atom stereocenters. The fourth-order valence-corrected chi connectivity index (χ4v) is 5.21. The summed E-state index contributed by atoms with van der Waals surface area (Å²) in [5, 5.41) is 7.55. The van der Waals surface area contributed by atoms with Crippen LogP contribution in [-0.4, -0.2) is 21.6 Å². The summed E-state index contributed by atoms with van der Waals surface area (Å²) in [6.45, 7) is 0. The van der Waals surface area contributed by atoms with Crippen LogP contribution < -0.4 is 5.56 Å². The van der Waals surface area contributed by atoms with Gasteiger partial charge in [0.15, 0.2) is 0 Å². The maximum absolute atomic E-state index is 13.6. The van der Waals surface area contributed by atoms with E-state index in [0.717, 1.165) is 21.0 Å². The van der Waals surface area contributed by atoms with Gasteiger partial charge in [-0.25, -0.2) is 5.01 Å². The molecule has 1 atom stereocenters. The van der Waals surface area contributed by atoms with Crippen molar-refractivity contribution in [2.24, 2.45) is 5.10 Å². The van der Waals surface area contributed by atoms with Crippen LogP contribution in [0.2, 0.25) is 5.02 Å². The first kappa shape index (κ1) is 23.5. The molecule has 0 bridgehead atoms. The van der Waals surface area contributed by atoms with Crippen molar-refractivity contribution in [1.29, 1.82) is 0 Å². The Labute approximate surface area is 225 Å². The highest BCUT2D eigenvalue weighted by Gasteiger charge is 2.37. The van der Waals surface area contributed by atoms with Crippen LogP contribution in [0.15, 0.2) is 110 Å². The van der Waals surface area contributed by atoms with Crippen LogP contribution in [0.4, 0.5) is 0 Å². The summed E-state index contributed by atoms with van der Waals surface area (Å²) < 4.78 is 6.57. The quantitative estimate of drug-likeness (QED) is 0.247. The van der Waals surface area contributed by atoms with Crippen molar-refractivity contribution >= 4 is 50.1 Å². The molecule has 0 saturated carbocycles. The molecule has 3 heterocycles. The molecule has 0 saturated heterocycles. The number of hydrazone groups is 1. The number of H-pyrrole nitrogens is 1. The van der Waals surface area contributed by atoms with Gasteiger partial charge in [-0.15, -0.1) is 0 Å². The molecule has 0 spiro atoms. The molecular weight excluding hydrogens is 554 g/mol. The molecule has 0 fully saturated rings. The smallest absolute Gasteiger partial charge is 0.274 e. The number of halogens is 2. The van der Waals surface area contributed by atoms with Crippen molar-refractivity contribution in [3.8, 4) is 11.1 Å². The van der Waals surface area contributed by atoms with Gasteiger partial charge in [0.25, 0.3) is 11.5 Å². The van der Waals surface area contributed by atoms with Gasteiger partial charge < -0.3 is 9.40 Å².